The molecule has 0 aromatic carbocycles. The molecule has 6 N–H and O–H groups in total. The first-order valence-corrected chi connectivity index (χ1v) is 3.69. The lowest BCUT2D eigenvalue weighted by Gasteiger charge is -1.97. The first kappa shape index (κ1) is 8.67. The number of hydrogen-bond acceptors (Lipinski definition) is 4. The van der Waals surface area contributed by atoms with Gasteiger partial charge in [-0.3, -0.25) is 4.79 Å². The molecule has 0 amide bonds. The van der Waals surface area contributed by atoms with E-state index in [-0.39, 0.29) is 25.1 Å². The minimum atomic E-state index is -0.126. The van der Waals surface area contributed by atoms with E-state index in [1.165, 1.54) is 0 Å². The Morgan fingerprint density at radius 1 is 1.33 bits per heavy atom. The van der Waals surface area contributed by atoms with Crippen molar-refractivity contribution >= 4 is 23.1 Å². The highest BCUT2D eigenvalue weighted by Gasteiger charge is 1.97. The van der Waals surface area contributed by atoms with E-state index in [0.29, 0.717) is 0 Å². The molecule has 0 aromatic rings. The van der Waals surface area contributed by atoms with Crippen molar-refractivity contribution in [2.24, 2.45) is 17.2 Å². The number of hydrogen-bond donors (Lipinski definition) is 3. The van der Waals surface area contributed by atoms with Crippen molar-refractivity contribution in [2.75, 3.05) is 0 Å². The normalized spacial score (nSPS) is 9.89. The van der Waals surface area contributed by atoms with Gasteiger partial charge in [-0.15, -0.1) is 0 Å². The second-order valence-electron chi connectivity index (χ2n) is 1.36. The van der Waals surface area contributed by atoms with Gasteiger partial charge in [0.1, 0.15) is 5.82 Å². The van der Waals surface area contributed by atoms with Gasteiger partial charge in [0.15, 0.2) is 5.27 Å². The molecule has 0 fully saturated rings. The number of carbonyl (C=O) groups excluding carboxylic acids is 1. The first-order chi connectivity index (χ1) is 4.04. The van der Waals surface area contributed by atoms with E-state index in [1.54, 1.807) is 0 Å². The molecule has 0 aliphatic rings. The predicted octanol–water partition coefficient (Wildman–Crippen LogP) is -0.337. The summed E-state index contributed by atoms with van der Waals surface area (Å²) < 4.78 is 0. The van der Waals surface area contributed by atoms with E-state index in [4.69, 9.17) is 17.2 Å². The van der Waals surface area contributed by atoms with Crippen molar-refractivity contribution in [1.82, 2.24) is 0 Å². The minimum Gasteiger partial charge on any atom is -0.395 e. The number of rotatable bonds is 2. The van der Waals surface area contributed by atoms with Crippen LogP contribution in [0.2, 0.25) is 0 Å². The predicted molar refractivity (Wildman–Crippen MR) is 43.0 cm³/mol. The summed E-state index contributed by atoms with van der Waals surface area (Å²) in [6.07, 6.45) is 0. The van der Waals surface area contributed by atoms with Gasteiger partial charge in [0.25, 0.3) is 0 Å². The van der Waals surface area contributed by atoms with Crippen LogP contribution in [-0.2, 0) is 0 Å². The lowest BCUT2D eigenvalue weighted by molar-refractivity contribution is 0.276. The minimum absolute atomic E-state index is 0.0316. The molecule has 0 saturated carbocycles. The second-order valence-corrected chi connectivity index (χ2v) is 3.74. The summed E-state index contributed by atoms with van der Waals surface area (Å²) in [6.45, 7) is 0. The van der Waals surface area contributed by atoms with Crippen LogP contribution in [0.25, 0.3) is 0 Å². The third kappa shape index (κ3) is 4.19. The summed E-state index contributed by atoms with van der Waals surface area (Å²) in [5.74, 6) is 0.0316. The molecule has 0 heterocycles. The highest BCUT2D eigenvalue weighted by molar-refractivity contribution is 7.80. The van der Waals surface area contributed by atoms with Gasteiger partial charge >= 0.3 is 0 Å². The summed E-state index contributed by atoms with van der Waals surface area (Å²) in [5.41, 5.74) is 15.6. The Balaban J connectivity index is 3.92. The zero-order valence-corrected chi connectivity index (χ0v) is 6.87. The molecule has 9 heavy (non-hydrogen) atoms. The van der Waals surface area contributed by atoms with Gasteiger partial charge in [0.2, 0.25) is 0 Å². The Kier molecular flexibility index (Phi) is 3.52. The van der Waals surface area contributed by atoms with E-state index >= 15 is 0 Å². The smallest absolute Gasteiger partial charge is 0.172 e. The Labute approximate surface area is 57.2 Å². The zero-order valence-electron chi connectivity index (χ0n) is 4.72. The molecule has 6 heteroatoms. The molecule has 4 nitrogen and oxygen atoms in total. The first-order valence-electron chi connectivity index (χ1n) is 2.11. The lowest BCUT2D eigenvalue weighted by Crippen LogP contribution is -2.14. The van der Waals surface area contributed by atoms with Gasteiger partial charge in [-0.2, -0.15) is 0 Å². The molecule has 52 valence electrons. The number of carbonyl (C=O) groups is 1. The fourth-order valence-electron chi connectivity index (χ4n) is 0.205. The highest BCUT2D eigenvalue weighted by Crippen LogP contribution is 2.23. The van der Waals surface area contributed by atoms with Gasteiger partial charge in [0.05, 0.1) is 5.44 Å². The number of nitrogens with two attached hydrogens (primary N) is 3. The van der Waals surface area contributed by atoms with Crippen LogP contribution in [0, 0.1) is 0 Å². The van der Waals surface area contributed by atoms with Gasteiger partial charge in [-0.05, 0) is 0 Å². The summed E-state index contributed by atoms with van der Waals surface area (Å²) in [7, 11) is 1.87. The van der Waals surface area contributed by atoms with E-state index in [9.17, 15) is 4.79 Å². The van der Waals surface area contributed by atoms with Crippen molar-refractivity contribution in [2.45, 2.75) is 0 Å². The van der Waals surface area contributed by atoms with E-state index in [0.717, 1.165) is 0 Å². The van der Waals surface area contributed by atoms with Crippen LogP contribution in [-0.4, -0.2) is 5.27 Å². The van der Waals surface area contributed by atoms with Gasteiger partial charge in [-0.1, -0.05) is 9.24 Å². The Morgan fingerprint density at radius 2 is 1.78 bits per heavy atom. The Morgan fingerprint density at radius 3 is 1.89 bits per heavy atom. The molecule has 0 aliphatic carbocycles. The van der Waals surface area contributed by atoms with Crippen LogP contribution in [0.5, 0.6) is 0 Å². The molecule has 2 atom stereocenters. The molecule has 0 spiro atoms. The summed E-state index contributed by atoms with van der Waals surface area (Å²) in [6, 6.07) is 0. The summed E-state index contributed by atoms with van der Waals surface area (Å²) >= 11 is 0. The third-order valence-corrected chi connectivity index (χ3v) is 1.81. The Hall–Kier alpha value is -0.330. The largest absolute Gasteiger partial charge is 0.395 e. The Bertz CT molecular complexity index is 151. The molecular formula is C3H9N3OP2. The maximum atomic E-state index is 10.3. The van der Waals surface area contributed by atoms with Crippen molar-refractivity contribution < 1.29 is 4.79 Å². The van der Waals surface area contributed by atoms with Crippen LogP contribution in [0.1, 0.15) is 0 Å². The monoisotopic (exact) mass is 165 g/mol. The highest BCUT2D eigenvalue weighted by atomic mass is 31.1. The quantitative estimate of drug-likeness (QED) is 0.488. The maximum absolute atomic E-state index is 10.3. The van der Waals surface area contributed by atoms with Crippen molar-refractivity contribution in [1.29, 1.82) is 0 Å². The average Bonchev–Trinajstić information content (AvgIpc) is 1.63. The van der Waals surface area contributed by atoms with Crippen molar-refractivity contribution in [3.05, 3.63) is 11.3 Å². The maximum Gasteiger partial charge on any atom is 0.172 e. The van der Waals surface area contributed by atoms with Crippen LogP contribution >= 0.6 is 17.8 Å². The van der Waals surface area contributed by atoms with E-state index < -0.39 is 0 Å². The fourth-order valence-corrected chi connectivity index (χ4v) is 1.08. The standard InChI is InChI=1S/C3H9N3OP2/c4-1(5)2(6)9-3(7)8/h9H,4-6,8H2. The molecule has 0 bridgehead atoms. The molecule has 0 saturated heterocycles. The van der Waals surface area contributed by atoms with Crippen LogP contribution in [0.15, 0.2) is 11.3 Å². The van der Waals surface area contributed by atoms with Crippen molar-refractivity contribution in [3.63, 3.8) is 0 Å². The van der Waals surface area contributed by atoms with E-state index in [2.05, 4.69) is 0 Å². The molecule has 2 unspecified atom stereocenters. The summed E-state index contributed by atoms with van der Waals surface area (Å²) in [5, 5.41) is -0.0964. The summed E-state index contributed by atoms with van der Waals surface area (Å²) in [4.78, 5) is 10.3. The SMILES string of the molecule is NC(N)=C(N)PC(=O)P. The van der Waals surface area contributed by atoms with Gasteiger partial charge in [0, 0.05) is 8.58 Å². The third-order valence-electron chi connectivity index (χ3n) is 0.569. The topological polar surface area (TPSA) is 95.1 Å². The molecular weight excluding hydrogens is 156 g/mol. The van der Waals surface area contributed by atoms with Gasteiger partial charge < -0.3 is 17.2 Å². The van der Waals surface area contributed by atoms with Crippen molar-refractivity contribution in [3.8, 4) is 0 Å². The molecule has 0 aromatic heterocycles. The van der Waals surface area contributed by atoms with Crippen LogP contribution in [0.4, 0.5) is 4.79 Å². The lowest BCUT2D eigenvalue weighted by atomic mass is 10.8. The van der Waals surface area contributed by atoms with Crippen LogP contribution < -0.4 is 17.2 Å². The zero-order chi connectivity index (χ0) is 7.44. The fraction of sp³-hybridized carbons (Fsp3) is 0. The second kappa shape index (κ2) is 3.65. The molecule has 0 aliphatic heterocycles. The molecule has 0 radical (unpaired) electrons. The van der Waals surface area contributed by atoms with E-state index in [1.807, 2.05) is 9.24 Å². The van der Waals surface area contributed by atoms with Crippen LogP contribution in [0.3, 0.4) is 0 Å². The van der Waals surface area contributed by atoms with Gasteiger partial charge in [-0.25, -0.2) is 0 Å². The molecule has 0 rings (SSSR count). The average molecular weight is 165 g/mol.